The number of carbonyl (C=O) groups is 2. The third-order valence-corrected chi connectivity index (χ3v) is 5.12. The lowest BCUT2D eigenvalue weighted by molar-refractivity contribution is -0.139. The van der Waals surface area contributed by atoms with Crippen LogP contribution >= 0.6 is 23.2 Å². The molecule has 11 heteroatoms. The maximum Gasteiger partial charge on any atom is 0.405 e. The number of carboxylic acid groups (broad SMARTS) is 1. The Labute approximate surface area is 188 Å². The van der Waals surface area contributed by atoms with Crippen LogP contribution in [0.5, 0.6) is 0 Å². The summed E-state index contributed by atoms with van der Waals surface area (Å²) >= 11 is 11.3. The van der Waals surface area contributed by atoms with Crippen LogP contribution in [0.2, 0.25) is 10.0 Å². The standard InChI is InChI=1S/C21H14Cl2F4N2O3/c22-15-8-13(9-16(23)19(15)24)14(21(25,26)27)3-1-11-2-4-17-12(7-11)5-6-29(17)18(30)10-28-20(31)32/h1-9,14,28H,10H2,(H,31,32). The number of amides is 1. The lowest BCUT2D eigenvalue weighted by atomic mass is 9.97. The van der Waals surface area contributed by atoms with Crippen molar-refractivity contribution >= 4 is 52.2 Å². The van der Waals surface area contributed by atoms with Crippen molar-refractivity contribution in [3.8, 4) is 0 Å². The second kappa shape index (κ2) is 9.22. The van der Waals surface area contributed by atoms with Crippen LogP contribution in [-0.4, -0.2) is 34.4 Å². The molecule has 0 aliphatic rings. The van der Waals surface area contributed by atoms with Crippen molar-refractivity contribution in [1.29, 1.82) is 0 Å². The lowest BCUT2D eigenvalue weighted by Crippen LogP contribution is -2.30. The van der Waals surface area contributed by atoms with E-state index < -0.39 is 46.5 Å². The van der Waals surface area contributed by atoms with Crippen molar-refractivity contribution in [2.24, 2.45) is 0 Å². The predicted octanol–water partition coefficient (Wildman–Crippen LogP) is 6.35. The van der Waals surface area contributed by atoms with Crippen LogP contribution in [0.25, 0.3) is 17.0 Å². The number of rotatable bonds is 5. The molecule has 0 saturated heterocycles. The molecule has 0 spiro atoms. The molecule has 1 aromatic heterocycles. The first-order valence-electron chi connectivity index (χ1n) is 8.98. The van der Waals surface area contributed by atoms with Gasteiger partial charge >= 0.3 is 12.3 Å². The molecule has 168 valence electrons. The highest BCUT2D eigenvalue weighted by molar-refractivity contribution is 6.35. The maximum atomic E-state index is 13.6. The SMILES string of the molecule is O=C(O)NCC(=O)n1ccc2cc(C=CC(c3cc(Cl)c(F)c(Cl)c3)C(F)(F)F)ccc21. The van der Waals surface area contributed by atoms with Gasteiger partial charge in [-0.2, -0.15) is 13.2 Å². The minimum Gasteiger partial charge on any atom is -0.465 e. The molecule has 3 rings (SSSR count). The number of nitrogens with one attached hydrogen (secondary N) is 1. The Morgan fingerprint density at radius 1 is 1.12 bits per heavy atom. The molecular weight excluding hydrogens is 475 g/mol. The molecule has 0 aliphatic carbocycles. The van der Waals surface area contributed by atoms with Gasteiger partial charge in [-0.15, -0.1) is 0 Å². The van der Waals surface area contributed by atoms with Gasteiger partial charge in [-0.05, 0) is 41.5 Å². The van der Waals surface area contributed by atoms with Gasteiger partial charge in [0.05, 0.1) is 21.5 Å². The van der Waals surface area contributed by atoms with Gasteiger partial charge in [-0.25, -0.2) is 9.18 Å². The fourth-order valence-corrected chi connectivity index (χ4v) is 3.59. The van der Waals surface area contributed by atoms with Gasteiger partial charge in [0.2, 0.25) is 0 Å². The van der Waals surface area contributed by atoms with E-state index in [0.717, 1.165) is 18.2 Å². The van der Waals surface area contributed by atoms with Gasteiger partial charge in [-0.3, -0.25) is 9.36 Å². The van der Waals surface area contributed by atoms with E-state index in [1.165, 1.54) is 29.0 Å². The van der Waals surface area contributed by atoms with Crippen molar-refractivity contribution < 1.29 is 32.3 Å². The first kappa shape index (κ1) is 23.6. The summed E-state index contributed by atoms with van der Waals surface area (Å²) in [6.07, 6.45) is -2.44. The number of carbonyl (C=O) groups excluding carboxylic acids is 1. The third kappa shape index (κ3) is 5.23. The minimum absolute atomic E-state index is 0.311. The molecule has 5 nitrogen and oxygen atoms in total. The van der Waals surface area contributed by atoms with Crippen molar-refractivity contribution in [1.82, 2.24) is 9.88 Å². The highest BCUT2D eigenvalue weighted by atomic mass is 35.5. The van der Waals surface area contributed by atoms with Crippen molar-refractivity contribution in [3.63, 3.8) is 0 Å². The van der Waals surface area contributed by atoms with Crippen LogP contribution in [0.4, 0.5) is 22.4 Å². The number of benzene rings is 2. The molecular formula is C21H14Cl2F4N2O3. The summed E-state index contributed by atoms with van der Waals surface area (Å²) in [7, 11) is 0. The molecule has 0 fully saturated rings. The number of hydrogen-bond donors (Lipinski definition) is 2. The number of halogens is 6. The summed E-state index contributed by atoms with van der Waals surface area (Å²) in [4.78, 5) is 22.7. The fraction of sp³-hybridized carbons (Fsp3) is 0.143. The Hall–Kier alpha value is -3.04. The monoisotopic (exact) mass is 488 g/mol. The molecule has 3 aromatic rings. The van der Waals surface area contributed by atoms with E-state index in [2.05, 4.69) is 0 Å². The van der Waals surface area contributed by atoms with Crippen molar-refractivity contribution in [3.05, 3.63) is 75.7 Å². The van der Waals surface area contributed by atoms with Crippen molar-refractivity contribution in [2.45, 2.75) is 12.1 Å². The van der Waals surface area contributed by atoms with Crippen LogP contribution in [0, 0.1) is 5.82 Å². The Kier molecular flexibility index (Phi) is 6.80. The molecule has 2 N–H and O–H groups in total. The Balaban J connectivity index is 1.90. The molecule has 1 unspecified atom stereocenters. The maximum absolute atomic E-state index is 13.6. The van der Waals surface area contributed by atoms with Crippen molar-refractivity contribution in [2.75, 3.05) is 6.54 Å². The van der Waals surface area contributed by atoms with Gasteiger partial charge in [0, 0.05) is 11.6 Å². The first-order valence-corrected chi connectivity index (χ1v) is 9.73. The molecule has 32 heavy (non-hydrogen) atoms. The molecule has 2 aromatic carbocycles. The zero-order valence-corrected chi connectivity index (χ0v) is 17.5. The van der Waals surface area contributed by atoms with E-state index in [1.807, 2.05) is 5.32 Å². The van der Waals surface area contributed by atoms with Crippen LogP contribution in [0.3, 0.4) is 0 Å². The van der Waals surface area contributed by atoms with Crippen LogP contribution in [0.1, 0.15) is 21.8 Å². The van der Waals surface area contributed by atoms with E-state index >= 15 is 0 Å². The Morgan fingerprint density at radius 3 is 2.38 bits per heavy atom. The second-order valence-corrected chi connectivity index (χ2v) is 7.55. The molecule has 0 saturated carbocycles. The van der Waals surface area contributed by atoms with Gasteiger partial charge < -0.3 is 10.4 Å². The predicted molar refractivity (Wildman–Crippen MR) is 113 cm³/mol. The number of hydrogen-bond acceptors (Lipinski definition) is 2. The summed E-state index contributed by atoms with van der Waals surface area (Å²) in [5.74, 6) is -3.60. The smallest absolute Gasteiger partial charge is 0.405 e. The van der Waals surface area contributed by atoms with E-state index in [4.69, 9.17) is 28.3 Å². The summed E-state index contributed by atoms with van der Waals surface area (Å²) in [5.41, 5.74) is 0.567. The number of fused-ring (bicyclic) bond motifs is 1. The van der Waals surface area contributed by atoms with Gasteiger partial charge in [-0.1, -0.05) is 41.4 Å². The summed E-state index contributed by atoms with van der Waals surface area (Å²) in [6.45, 7) is -0.434. The van der Waals surface area contributed by atoms with E-state index in [1.54, 1.807) is 12.1 Å². The topological polar surface area (TPSA) is 71.3 Å². The summed E-state index contributed by atoms with van der Waals surface area (Å²) in [6, 6.07) is 7.94. The highest BCUT2D eigenvalue weighted by Crippen LogP contribution is 2.39. The summed E-state index contributed by atoms with van der Waals surface area (Å²) in [5, 5.41) is 10.1. The molecule has 1 heterocycles. The first-order chi connectivity index (χ1) is 15.0. The Bertz CT molecular complexity index is 1200. The highest BCUT2D eigenvalue weighted by Gasteiger charge is 2.39. The number of alkyl halides is 3. The fourth-order valence-electron chi connectivity index (χ4n) is 3.09. The number of allylic oxidation sites excluding steroid dienone is 1. The van der Waals surface area contributed by atoms with Crippen LogP contribution in [-0.2, 0) is 0 Å². The molecule has 1 atom stereocenters. The zero-order chi connectivity index (χ0) is 23.6. The summed E-state index contributed by atoms with van der Waals surface area (Å²) < 4.78 is 55.7. The van der Waals surface area contributed by atoms with Gasteiger partial charge in [0.15, 0.2) is 5.82 Å². The van der Waals surface area contributed by atoms with Gasteiger partial charge in [0.1, 0.15) is 6.54 Å². The minimum atomic E-state index is -4.68. The molecule has 0 radical (unpaired) electrons. The zero-order valence-electron chi connectivity index (χ0n) is 16.0. The van der Waals surface area contributed by atoms with E-state index in [-0.39, 0.29) is 5.56 Å². The average Bonchev–Trinajstić information content (AvgIpc) is 3.12. The largest absolute Gasteiger partial charge is 0.465 e. The molecule has 0 bridgehead atoms. The lowest BCUT2D eigenvalue weighted by Gasteiger charge is -2.18. The molecule has 0 aliphatic heterocycles. The van der Waals surface area contributed by atoms with E-state index in [9.17, 15) is 27.2 Å². The van der Waals surface area contributed by atoms with Crippen LogP contribution in [0.15, 0.2) is 48.7 Å². The van der Waals surface area contributed by atoms with Crippen LogP contribution < -0.4 is 5.32 Å². The number of nitrogens with zero attached hydrogens (tertiary/aromatic N) is 1. The third-order valence-electron chi connectivity index (χ3n) is 4.57. The second-order valence-electron chi connectivity index (χ2n) is 6.73. The quantitative estimate of drug-likeness (QED) is 0.324. The number of aromatic nitrogens is 1. The van der Waals surface area contributed by atoms with Gasteiger partial charge in [0.25, 0.3) is 5.91 Å². The Morgan fingerprint density at radius 2 is 1.78 bits per heavy atom. The average molecular weight is 489 g/mol. The normalized spacial score (nSPS) is 12.9. The molecule has 1 amide bonds. The van der Waals surface area contributed by atoms with E-state index in [0.29, 0.717) is 16.5 Å².